The van der Waals surface area contributed by atoms with Gasteiger partial charge in [-0.3, -0.25) is 9.67 Å². The van der Waals surface area contributed by atoms with Crippen LogP contribution in [0, 0.1) is 5.92 Å². The number of likely N-dealkylation sites (tertiary alicyclic amines) is 1. The van der Waals surface area contributed by atoms with Crippen LogP contribution in [0.2, 0.25) is 0 Å². The van der Waals surface area contributed by atoms with E-state index in [0.717, 1.165) is 38.6 Å². The van der Waals surface area contributed by atoms with E-state index in [-0.39, 0.29) is 0 Å². The number of rotatable bonds is 9. The summed E-state index contributed by atoms with van der Waals surface area (Å²) in [6, 6.07) is 1.96. The van der Waals surface area contributed by atoms with Crippen LogP contribution >= 0.6 is 0 Å². The molecule has 1 aromatic heterocycles. The molecule has 2 heterocycles. The summed E-state index contributed by atoms with van der Waals surface area (Å²) in [6.07, 6.45) is 8.97. The minimum atomic E-state index is 0.600. The van der Waals surface area contributed by atoms with E-state index >= 15 is 0 Å². The highest BCUT2D eigenvalue weighted by molar-refractivity contribution is 5.79. The van der Waals surface area contributed by atoms with Crippen molar-refractivity contribution < 1.29 is 0 Å². The van der Waals surface area contributed by atoms with Crippen LogP contribution in [0.15, 0.2) is 23.5 Å². The first-order valence-electron chi connectivity index (χ1n) is 9.50. The van der Waals surface area contributed by atoms with Gasteiger partial charge in [-0.15, -0.1) is 0 Å². The second-order valence-corrected chi connectivity index (χ2v) is 6.74. The lowest BCUT2D eigenvalue weighted by Crippen LogP contribution is -2.39. The summed E-state index contributed by atoms with van der Waals surface area (Å²) in [7, 11) is 0. The topological polar surface area (TPSA) is 57.5 Å². The summed E-state index contributed by atoms with van der Waals surface area (Å²) in [5, 5.41) is 11.0. The van der Waals surface area contributed by atoms with Crippen molar-refractivity contribution >= 4 is 5.96 Å². The van der Waals surface area contributed by atoms with Crippen LogP contribution in [0.3, 0.4) is 0 Å². The molecule has 6 heteroatoms. The van der Waals surface area contributed by atoms with E-state index < -0.39 is 0 Å². The summed E-state index contributed by atoms with van der Waals surface area (Å²) in [5.74, 6) is 1.53. The van der Waals surface area contributed by atoms with E-state index in [0.29, 0.717) is 5.92 Å². The zero-order chi connectivity index (χ0) is 17.0. The Morgan fingerprint density at radius 3 is 2.79 bits per heavy atom. The third-order valence-corrected chi connectivity index (χ3v) is 4.34. The molecular weight excluding hydrogens is 300 g/mol. The van der Waals surface area contributed by atoms with Gasteiger partial charge in [-0.25, -0.2) is 0 Å². The molecule has 0 bridgehead atoms. The Bertz CT molecular complexity index is 450. The van der Waals surface area contributed by atoms with Crippen molar-refractivity contribution in [1.29, 1.82) is 0 Å². The fourth-order valence-electron chi connectivity index (χ4n) is 3.11. The van der Waals surface area contributed by atoms with Crippen molar-refractivity contribution in [3.63, 3.8) is 0 Å². The minimum absolute atomic E-state index is 0.600. The van der Waals surface area contributed by atoms with E-state index in [1.165, 1.54) is 38.9 Å². The average molecular weight is 335 g/mol. The van der Waals surface area contributed by atoms with Crippen molar-refractivity contribution in [3.8, 4) is 0 Å². The molecule has 1 aromatic rings. The van der Waals surface area contributed by atoms with Gasteiger partial charge in [0, 0.05) is 45.1 Å². The highest BCUT2D eigenvalue weighted by Gasteiger charge is 2.13. The molecule has 1 aliphatic rings. The maximum absolute atomic E-state index is 4.76. The maximum Gasteiger partial charge on any atom is 0.191 e. The molecule has 1 saturated heterocycles. The molecule has 1 aliphatic heterocycles. The van der Waals surface area contributed by atoms with Crippen LogP contribution in [-0.4, -0.2) is 59.9 Å². The molecule has 1 unspecified atom stereocenters. The van der Waals surface area contributed by atoms with E-state index in [1.54, 1.807) is 0 Å². The predicted molar refractivity (Wildman–Crippen MR) is 100 cm³/mol. The molecule has 1 fully saturated rings. The summed E-state index contributed by atoms with van der Waals surface area (Å²) in [6.45, 7) is 11.7. The third kappa shape index (κ3) is 7.34. The van der Waals surface area contributed by atoms with E-state index in [9.17, 15) is 0 Å². The minimum Gasteiger partial charge on any atom is -0.357 e. The van der Waals surface area contributed by atoms with Gasteiger partial charge in [0.25, 0.3) is 0 Å². The van der Waals surface area contributed by atoms with Crippen LogP contribution in [-0.2, 0) is 6.54 Å². The van der Waals surface area contributed by atoms with Gasteiger partial charge >= 0.3 is 0 Å². The van der Waals surface area contributed by atoms with E-state index in [4.69, 9.17) is 4.99 Å². The second-order valence-electron chi connectivity index (χ2n) is 6.74. The smallest absolute Gasteiger partial charge is 0.191 e. The standard InChI is InChI=1S/C18H34N6/c1-3-19-18(20-9-7-13-24-14-8-10-22-24)21-15-17(2)16-23-11-5-4-6-12-23/h8,10,14,17H,3-7,9,11-13,15-16H2,1-2H3,(H2,19,20,21). The van der Waals surface area contributed by atoms with Crippen molar-refractivity contribution in [3.05, 3.63) is 18.5 Å². The number of aryl methyl sites for hydroxylation is 1. The van der Waals surface area contributed by atoms with Gasteiger partial charge in [0.2, 0.25) is 0 Å². The lowest BCUT2D eigenvalue weighted by molar-refractivity contribution is 0.203. The number of piperidine rings is 1. The Morgan fingerprint density at radius 2 is 2.08 bits per heavy atom. The largest absolute Gasteiger partial charge is 0.357 e. The normalized spacial score (nSPS) is 17.7. The van der Waals surface area contributed by atoms with Crippen LogP contribution in [0.4, 0.5) is 0 Å². The first kappa shape index (κ1) is 18.8. The summed E-state index contributed by atoms with van der Waals surface area (Å²) in [5.41, 5.74) is 0. The van der Waals surface area contributed by atoms with Gasteiger partial charge in [-0.2, -0.15) is 5.10 Å². The molecule has 6 nitrogen and oxygen atoms in total. The molecule has 2 N–H and O–H groups in total. The monoisotopic (exact) mass is 334 g/mol. The number of aliphatic imine (C=N–C) groups is 1. The van der Waals surface area contributed by atoms with Gasteiger partial charge in [0.1, 0.15) is 0 Å². The molecule has 0 aliphatic carbocycles. The molecule has 0 spiro atoms. The van der Waals surface area contributed by atoms with Crippen LogP contribution in [0.5, 0.6) is 0 Å². The number of nitrogens with one attached hydrogen (secondary N) is 2. The number of aromatic nitrogens is 2. The number of guanidine groups is 1. The first-order valence-corrected chi connectivity index (χ1v) is 9.50. The zero-order valence-corrected chi connectivity index (χ0v) is 15.4. The number of hydrogen-bond donors (Lipinski definition) is 2. The number of nitrogens with zero attached hydrogens (tertiary/aromatic N) is 4. The lowest BCUT2D eigenvalue weighted by atomic mass is 10.1. The van der Waals surface area contributed by atoms with Crippen LogP contribution in [0.25, 0.3) is 0 Å². The number of hydrogen-bond acceptors (Lipinski definition) is 3. The van der Waals surface area contributed by atoms with Gasteiger partial charge < -0.3 is 15.5 Å². The van der Waals surface area contributed by atoms with Crippen molar-refractivity contribution in [2.24, 2.45) is 10.9 Å². The van der Waals surface area contributed by atoms with Crippen LogP contribution in [0.1, 0.15) is 39.5 Å². The first-order chi connectivity index (χ1) is 11.8. The highest BCUT2D eigenvalue weighted by Crippen LogP contribution is 2.11. The Balaban J connectivity index is 1.66. The highest BCUT2D eigenvalue weighted by atomic mass is 15.3. The SMILES string of the molecule is CCNC(=NCC(C)CN1CCCCC1)NCCCn1cccn1. The molecular formula is C18H34N6. The van der Waals surface area contributed by atoms with Gasteiger partial charge in [-0.05, 0) is 51.3 Å². The molecule has 0 radical (unpaired) electrons. The molecule has 136 valence electrons. The summed E-state index contributed by atoms with van der Waals surface area (Å²) < 4.78 is 1.96. The van der Waals surface area contributed by atoms with Crippen molar-refractivity contribution in [2.75, 3.05) is 39.3 Å². The van der Waals surface area contributed by atoms with Gasteiger partial charge in [0.05, 0.1) is 0 Å². The Hall–Kier alpha value is -1.56. The molecule has 2 rings (SSSR count). The molecule has 0 aromatic carbocycles. The summed E-state index contributed by atoms with van der Waals surface area (Å²) in [4.78, 5) is 7.35. The Kier molecular flexibility index (Phi) is 8.66. The Labute approximate surface area is 146 Å². The summed E-state index contributed by atoms with van der Waals surface area (Å²) >= 11 is 0. The van der Waals surface area contributed by atoms with Crippen LogP contribution < -0.4 is 10.6 Å². The Morgan fingerprint density at radius 1 is 1.25 bits per heavy atom. The fraction of sp³-hybridized carbons (Fsp3) is 0.778. The average Bonchev–Trinajstić information content (AvgIpc) is 3.11. The molecule has 24 heavy (non-hydrogen) atoms. The third-order valence-electron chi connectivity index (χ3n) is 4.34. The van der Waals surface area contributed by atoms with Gasteiger partial charge in [-0.1, -0.05) is 13.3 Å². The zero-order valence-electron chi connectivity index (χ0n) is 15.4. The molecule has 1 atom stereocenters. The quantitative estimate of drug-likeness (QED) is 0.412. The predicted octanol–water partition coefficient (Wildman–Crippen LogP) is 1.95. The second kappa shape index (κ2) is 11.1. The van der Waals surface area contributed by atoms with Crippen molar-refractivity contribution in [2.45, 2.75) is 46.1 Å². The lowest BCUT2D eigenvalue weighted by Gasteiger charge is -2.28. The molecule has 0 saturated carbocycles. The maximum atomic E-state index is 4.76. The van der Waals surface area contributed by atoms with Gasteiger partial charge in [0.15, 0.2) is 5.96 Å². The fourth-order valence-corrected chi connectivity index (χ4v) is 3.11. The van der Waals surface area contributed by atoms with Crippen molar-refractivity contribution in [1.82, 2.24) is 25.3 Å². The molecule has 0 amide bonds. The van der Waals surface area contributed by atoms with E-state index in [2.05, 4.69) is 34.5 Å². The van der Waals surface area contributed by atoms with E-state index in [1.807, 2.05) is 23.1 Å².